The number of carbonyl (C=O) groups is 1. The van der Waals surface area contributed by atoms with Gasteiger partial charge in [-0.1, -0.05) is 11.6 Å². The van der Waals surface area contributed by atoms with Gasteiger partial charge in [-0.3, -0.25) is 0 Å². The molecule has 1 aliphatic rings. The molecule has 0 aromatic carbocycles. The number of likely N-dealkylation sites (tertiary alicyclic amines) is 1. The minimum atomic E-state index is -0.909. The first-order valence-corrected chi connectivity index (χ1v) is 6.68. The standard InChI is InChI=1S/C13H14ClN3O3/c1-16-4-3-9-10(6-11(14)15-12(9)16)20-8-2-5-17(7-8)13(18)19/h3-4,6,8H,2,5,7H2,1H3,(H,18,19). The fourth-order valence-electron chi connectivity index (χ4n) is 2.45. The van der Waals surface area contributed by atoms with E-state index >= 15 is 0 Å². The predicted molar refractivity (Wildman–Crippen MR) is 74.4 cm³/mol. The zero-order valence-electron chi connectivity index (χ0n) is 10.9. The van der Waals surface area contributed by atoms with Gasteiger partial charge in [0.15, 0.2) is 0 Å². The molecule has 20 heavy (non-hydrogen) atoms. The van der Waals surface area contributed by atoms with Gasteiger partial charge in [0, 0.05) is 32.3 Å². The number of fused-ring (bicyclic) bond motifs is 1. The first-order valence-electron chi connectivity index (χ1n) is 6.30. The van der Waals surface area contributed by atoms with Crippen LogP contribution in [0.5, 0.6) is 5.75 Å². The number of hydrogen-bond donors (Lipinski definition) is 1. The van der Waals surface area contributed by atoms with E-state index in [1.165, 1.54) is 4.90 Å². The molecule has 3 rings (SSSR count). The maximum atomic E-state index is 10.9. The maximum absolute atomic E-state index is 10.9. The molecule has 0 bridgehead atoms. The van der Waals surface area contributed by atoms with Crippen molar-refractivity contribution in [3.63, 3.8) is 0 Å². The van der Waals surface area contributed by atoms with E-state index in [0.717, 1.165) is 11.0 Å². The summed E-state index contributed by atoms with van der Waals surface area (Å²) in [5.41, 5.74) is 0.751. The maximum Gasteiger partial charge on any atom is 0.407 e. The Balaban J connectivity index is 1.86. The fraction of sp³-hybridized carbons (Fsp3) is 0.385. The van der Waals surface area contributed by atoms with E-state index < -0.39 is 6.09 Å². The highest BCUT2D eigenvalue weighted by Gasteiger charge is 2.27. The van der Waals surface area contributed by atoms with E-state index in [0.29, 0.717) is 30.4 Å². The van der Waals surface area contributed by atoms with Crippen molar-refractivity contribution < 1.29 is 14.6 Å². The number of halogens is 1. The SMILES string of the molecule is Cn1ccc2c(OC3CCN(C(=O)O)C3)cc(Cl)nc21. The average molecular weight is 296 g/mol. The van der Waals surface area contributed by atoms with E-state index in [1.54, 1.807) is 6.07 Å². The summed E-state index contributed by atoms with van der Waals surface area (Å²) < 4.78 is 7.79. The Morgan fingerprint density at radius 1 is 1.60 bits per heavy atom. The quantitative estimate of drug-likeness (QED) is 0.864. The van der Waals surface area contributed by atoms with Crippen molar-refractivity contribution in [2.75, 3.05) is 13.1 Å². The number of ether oxygens (including phenoxy) is 1. The largest absolute Gasteiger partial charge is 0.488 e. The molecule has 1 N–H and O–H groups in total. The van der Waals surface area contributed by atoms with Crippen LogP contribution >= 0.6 is 11.6 Å². The number of hydrogen-bond acceptors (Lipinski definition) is 3. The highest BCUT2D eigenvalue weighted by atomic mass is 35.5. The van der Waals surface area contributed by atoms with Gasteiger partial charge in [0.05, 0.1) is 11.9 Å². The number of aromatic nitrogens is 2. The summed E-state index contributed by atoms with van der Waals surface area (Å²) in [6.45, 7) is 0.875. The van der Waals surface area contributed by atoms with Crippen LogP contribution in [0.3, 0.4) is 0 Å². The lowest BCUT2D eigenvalue weighted by Gasteiger charge is -2.15. The second-order valence-corrected chi connectivity index (χ2v) is 5.25. The Bertz CT molecular complexity index is 670. The van der Waals surface area contributed by atoms with E-state index in [9.17, 15) is 4.79 Å². The molecule has 6 nitrogen and oxygen atoms in total. The smallest absolute Gasteiger partial charge is 0.407 e. The van der Waals surface area contributed by atoms with E-state index in [-0.39, 0.29) is 6.10 Å². The first kappa shape index (κ1) is 13.1. The zero-order valence-corrected chi connectivity index (χ0v) is 11.7. The lowest BCUT2D eigenvalue weighted by Crippen LogP contribution is -2.29. The topological polar surface area (TPSA) is 67.6 Å². The van der Waals surface area contributed by atoms with Crippen LogP contribution in [0.15, 0.2) is 18.3 Å². The third-order valence-corrected chi connectivity index (χ3v) is 3.67. The predicted octanol–water partition coefficient (Wildman–Crippen LogP) is 2.36. The van der Waals surface area contributed by atoms with Crippen LogP contribution in [-0.4, -0.2) is 44.8 Å². The lowest BCUT2D eigenvalue weighted by atomic mass is 10.3. The van der Waals surface area contributed by atoms with Gasteiger partial charge >= 0.3 is 6.09 Å². The molecule has 7 heteroatoms. The molecule has 106 valence electrons. The molecule has 1 amide bonds. The Morgan fingerprint density at radius 2 is 2.40 bits per heavy atom. The van der Waals surface area contributed by atoms with E-state index in [2.05, 4.69) is 4.98 Å². The van der Waals surface area contributed by atoms with Crippen LogP contribution in [0.25, 0.3) is 11.0 Å². The molecule has 0 saturated carbocycles. The average Bonchev–Trinajstić information content (AvgIpc) is 2.98. The van der Waals surface area contributed by atoms with Crippen LogP contribution in [0, 0.1) is 0 Å². The molecule has 1 aliphatic heterocycles. The van der Waals surface area contributed by atoms with Crippen LogP contribution in [0.1, 0.15) is 6.42 Å². The van der Waals surface area contributed by atoms with Crippen molar-refractivity contribution in [3.8, 4) is 5.75 Å². The third-order valence-electron chi connectivity index (χ3n) is 3.48. The number of nitrogens with zero attached hydrogens (tertiary/aromatic N) is 3. The van der Waals surface area contributed by atoms with Gasteiger partial charge in [0.2, 0.25) is 0 Å². The highest BCUT2D eigenvalue weighted by Crippen LogP contribution is 2.30. The van der Waals surface area contributed by atoms with Crippen LogP contribution in [0.4, 0.5) is 4.79 Å². The van der Waals surface area contributed by atoms with Crippen molar-refractivity contribution in [2.24, 2.45) is 7.05 Å². The molecule has 3 heterocycles. The molecule has 2 aromatic rings. The summed E-state index contributed by atoms with van der Waals surface area (Å²) in [7, 11) is 1.89. The number of carboxylic acid groups (broad SMARTS) is 1. The summed E-state index contributed by atoms with van der Waals surface area (Å²) in [5, 5.41) is 10.2. The summed E-state index contributed by atoms with van der Waals surface area (Å²) in [6, 6.07) is 3.59. The Labute approximate surface area is 120 Å². The minimum absolute atomic E-state index is 0.145. The highest BCUT2D eigenvalue weighted by molar-refractivity contribution is 6.30. The van der Waals surface area contributed by atoms with Gasteiger partial charge in [-0.05, 0) is 6.07 Å². The van der Waals surface area contributed by atoms with Crippen LogP contribution in [0.2, 0.25) is 5.15 Å². The number of aryl methyl sites for hydroxylation is 1. The van der Waals surface area contributed by atoms with Crippen molar-refractivity contribution in [1.82, 2.24) is 14.5 Å². The molecule has 0 aliphatic carbocycles. The van der Waals surface area contributed by atoms with Gasteiger partial charge in [-0.2, -0.15) is 0 Å². The molecule has 1 atom stereocenters. The Morgan fingerprint density at radius 3 is 3.10 bits per heavy atom. The molecule has 1 saturated heterocycles. The van der Waals surface area contributed by atoms with Gasteiger partial charge in [0.1, 0.15) is 22.7 Å². The Kier molecular flexibility index (Phi) is 3.17. The number of rotatable bonds is 2. The summed E-state index contributed by atoms with van der Waals surface area (Å²) in [5.74, 6) is 0.651. The monoisotopic (exact) mass is 295 g/mol. The molecule has 2 aromatic heterocycles. The van der Waals surface area contributed by atoms with Gasteiger partial charge < -0.3 is 19.3 Å². The van der Waals surface area contributed by atoms with E-state index in [4.69, 9.17) is 21.4 Å². The summed E-state index contributed by atoms with van der Waals surface area (Å²) >= 11 is 6.01. The normalized spacial score (nSPS) is 18.7. The second-order valence-electron chi connectivity index (χ2n) is 4.86. The molecule has 1 unspecified atom stereocenters. The summed E-state index contributed by atoms with van der Waals surface area (Å²) in [6.07, 6.45) is 1.52. The molecule has 0 spiro atoms. The van der Waals surface area contributed by atoms with Crippen molar-refractivity contribution in [3.05, 3.63) is 23.5 Å². The van der Waals surface area contributed by atoms with Gasteiger partial charge in [-0.15, -0.1) is 0 Å². The zero-order chi connectivity index (χ0) is 14.3. The lowest BCUT2D eigenvalue weighted by molar-refractivity contribution is 0.146. The van der Waals surface area contributed by atoms with Crippen molar-refractivity contribution >= 4 is 28.7 Å². The molecule has 0 radical (unpaired) electrons. The number of amides is 1. The molecular formula is C13H14ClN3O3. The van der Waals surface area contributed by atoms with Crippen LogP contribution < -0.4 is 4.74 Å². The van der Waals surface area contributed by atoms with Crippen molar-refractivity contribution in [2.45, 2.75) is 12.5 Å². The summed E-state index contributed by atoms with van der Waals surface area (Å²) in [4.78, 5) is 16.5. The number of pyridine rings is 1. The molecule has 1 fully saturated rings. The van der Waals surface area contributed by atoms with Crippen molar-refractivity contribution in [1.29, 1.82) is 0 Å². The second kappa shape index (κ2) is 4.86. The fourth-order valence-corrected chi connectivity index (χ4v) is 2.63. The minimum Gasteiger partial charge on any atom is -0.488 e. The first-order chi connectivity index (χ1) is 9.54. The van der Waals surface area contributed by atoms with E-state index in [1.807, 2.05) is 23.9 Å². The van der Waals surface area contributed by atoms with Gasteiger partial charge in [-0.25, -0.2) is 9.78 Å². The third kappa shape index (κ3) is 2.27. The van der Waals surface area contributed by atoms with Gasteiger partial charge in [0.25, 0.3) is 0 Å². The van der Waals surface area contributed by atoms with Crippen LogP contribution in [-0.2, 0) is 7.05 Å². The molecular weight excluding hydrogens is 282 g/mol. The Hall–Kier alpha value is -1.95.